The first-order valence-electron chi connectivity index (χ1n) is 10.3. The number of halogens is 1. The molecule has 6 nitrogen and oxygen atoms in total. The number of nitrogens with zero attached hydrogens (tertiary/aromatic N) is 4. The first-order chi connectivity index (χ1) is 14.2. The van der Waals surface area contributed by atoms with E-state index in [4.69, 9.17) is 4.99 Å². The van der Waals surface area contributed by atoms with Gasteiger partial charge < -0.3 is 20.4 Å². The number of rotatable bonds is 8. The third-order valence-corrected chi connectivity index (χ3v) is 5.82. The summed E-state index contributed by atoms with van der Waals surface area (Å²) < 4.78 is 0. The molecule has 30 heavy (non-hydrogen) atoms. The van der Waals surface area contributed by atoms with Crippen LogP contribution in [0.2, 0.25) is 0 Å². The van der Waals surface area contributed by atoms with E-state index in [1.54, 1.807) is 0 Å². The van der Waals surface area contributed by atoms with Gasteiger partial charge in [-0.25, -0.2) is 9.98 Å². The summed E-state index contributed by atoms with van der Waals surface area (Å²) in [4.78, 5) is 15.4. The Hall–Kier alpha value is -1.52. The molecule has 2 aromatic rings. The molecule has 0 unspecified atom stereocenters. The maximum Gasteiger partial charge on any atom is 0.191 e. The highest BCUT2D eigenvalue weighted by Crippen LogP contribution is 2.16. The standard InChI is InChI=1S/C22H32N6S.HI/c1-3-23-22(24-11-16-29-20-7-5-4-6-8-20)26-18-19-9-10-21(25-17-19)28-14-12-27(2)13-15-28;/h4-10,17H,3,11-16,18H2,1-2H3,(H2,23,24,26);1H. The second-order valence-corrected chi connectivity index (χ2v) is 8.27. The van der Waals surface area contributed by atoms with Crippen LogP contribution < -0.4 is 15.5 Å². The number of pyridine rings is 1. The van der Waals surface area contributed by atoms with Gasteiger partial charge in [0, 0.05) is 56.1 Å². The molecule has 3 rings (SSSR count). The van der Waals surface area contributed by atoms with Gasteiger partial charge in [-0.3, -0.25) is 0 Å². The van der Waals surface area contributed by atoms with Gasteiger partial charge in [0.1, 0.15) is 5.82 Å². The topological polar surface area (TPSA) is 55.8 Å². The van der Waals surface area contributed by atoms with Crippen LogP contribution in [0.1, 0.15) is 12.5 Å². The predicted molar refractivity (Wildman–Crippen MR) is 139 cm³/mol. The molecule has 0 aliphatic carbocycles. The molecule has 2 heterocycles. The van der Waals surface area contributed by atoms with Crippen LogP contribution in [0.3, 0.4) is 0 Å². The molecule has 1 saturated heterocycles. The number of guanidine groups is 1. The summed E-state index contributed by atoms with van der Waals surface area (Å²) in [5.74, 6) is 2.91. The SMILES string of the molecule is CCNC(=NCc1ccc(N2CCN(C)CC2)nc1)NCCSc1ccccc1.I. The monoisotopic (exact) mass is 540 g/mol. The van der Waals surface area contributed by atoms with Crippen molar-refractivity contribution >= 4 is 47.5 Å². The lowest BCUT2D eigenvalue weighted by molar-refractivity contribution is 0.312. The molecule has 2 N–H and O–H groups in total. The smallest absolute Gasteiger partial charge is 0.191 e. The average Bonchev–Trinajstić information content (AvgIpc) is 2.76. The number of nitrogens with one attached hydrogen (secondary N) is 2. The fourth-order valence-corrected chi connectivity index (χ4v) is 3.89. The van der Waals surface area contributed by atoms with Crippen molar-refractivity contribution in [3.8, 4) is 0 Å². The van der Waals surface area contributed by atoms with Crippen LogP contribution in [0, 0.1) is 0 Å². The van der Waals surface area contributed by atoms with Gasteiger partial charge in [0.15, 0.2) is 5.96 Å². The zero-order valence-electron chi connectivity index (χ0n) is 17.9. The van der Waals surface area contributed by atoms with Gasteiger partial charge in [-0.05, 0) is 37.7 Å². The van der Waals surface area contributed by atoms with Crippen LogP contribution in [-0.4, -0.2) is 67.9 Å². The van der Waals surface area contributed by atoms with Crippen molar-refractivity contribution in [2.75, 3.05) is 57.0 Å². The largest absolute Gasteiger partial charge is 0.357 e. The van der Waals surface area contributed by atoms with Crippen molar-refractivity contribution in [3.05, 3.63) is 54.2 Å². The fraction of sp³-hybridized carbons (Fsp3) is 0.455. The van der Waals surface area contributed by atoms with Gasteiger partial charge in [-0.15, -0.1) is 35.7 Å². The van der Waals surface area contributed by atoms with Crippen molar-refractivity contribution in [3.63, 3.8) is 0 Å². The van der Waals surface area contributed by atoms with Crippen LogP contribution in [0.15, 0.2) is 58.5 Å². The van der Waals surface area contributed by atoms with Crippen LogP contribution in [0.25, 0.3) is 0 Å². The highest BCUT2D eigenvalue weighted by Gasteiger charge is 2.14. The summed E-state index contributed by atoms with van der Waals surface area (Å²) in [7, 11) is 2.17. The molecule has 0 spiro atoms. The summed E-state index contributed by atoms with van der Waals surface area (Å²) >= 11 is 1.85. The normalized spacial score (nSPS) is 14.9. The molecule has 1 aliphatic rings. The van der Waals surface area contributed by atoms with E-state index in [1.807, 2.05) is 24.0 Å². The second-order valence-electron chi connectivity index (χ2n) is 7.10. The molecular formula is C22H33IN6S. The average molecular weight is 541 g/mol. The van der Waals surface area contributed by atoms with Crippen molar-refractivity contribution < 1.29 is 0 Å². The van der Waals surface area contributed by atoms with E-state index in [-0.39, 0.29) is 24.0 Å². The quantitative estimate of drug-likeness (QED) is 0.176. The van der Waals surface area contributed by atoms with E-state index in [0.29, 0.717) is 6.54 Å². The summed E-state index contributed by atoms with van der Waals surface area (Å²) in [5.41, 5.74) is 1.12. The van der Waals surface area contributed by atoms with Crippen LogP contribution in [0.4, 0.5) is 5.82 Å². The van der Waals surface area contributed by atoms with Crippen molar-refractivity contribution in [2.45, 2.75) is 18.4 Å². The number of piperazine rings is 1. The number of hydrogen-bond donors (Lipinski definition) is 2. The zero-order chi connectivity index (χ0) is 20.3. The van der Waals surface area contributed by atoms with Gasteiger partial charge in [-0.1, -0.05) is 24.3 Å². The molecule has 0 bridgehead atoms. The number of aromatic nitrogens is 1. The number of aliphatic imine (C=N–C) groups is 1. The second kappa shape index (κ2) is 13.7. The lowest BCUT2D eigenvalue weighted by Crippen LogP contribution is -2.44. The Bertz CT molecular complexity index is 748. The molecule has 164 valence electrons. The summed E-state index contributed by atoms with van der Waals surface area (Å²) in [6, 6.07) is 14.7. The van der Waals surface area contributed by atoms with E-state index >= 15 is 0 Å². The number of likely N-dealkylation sites (N-methyl/N-ethyl adjacent to an activating group) is 1. The first-order valence-corrected chi connectivity index (χ1v) is 11.3. The Kier molecular flexibility index (Phi) is 11.3. The fourth-order valence-electron chi connectivity index (χ4n) is 3.10. The molecule has 0 amide bonds. The highest BCUT2D eigenvalue weighted by atomic mass is 127. The molecule has 1 aromatic carbocycles. The lowest BCUT2D eigenvalue weighted by Gasteiger charge is -2.33. The van der Waals surface area contributed by atoms with Crippen molar-refractivity contribution in [2.24, 2.45) is 4.99 Å². The number of hydrogen-bond acceptors (Lipinski definition) is 5. The molecule has 1 fully saturated rings. The Morgan fingerprint density at radius 1 is 1.07 bits per heavy atom. The maximum absolute atomic E-state index is 4.71. The Morgan fingerprint density at radius 3 is 2.50 bits per heavy atom. The maximum atomic E-state index is 4.71. The highest BCUT2D eigenvalue weighted by molar-refractivity contribution is 14.0. The number of benzene rings is 1. The molecule has 0 atom stereocenters. The van der Waals surface area contributed by atoms with E-state index in [1.165, 1.54) is 4.90 Å². The van der Waals surface area contributed by atoms with E-state index in [2.05, 4.69) is 75.8 Å². The van der Waals surface area contributed by atoms with Gasteiger partial charge in [0.2, 0.25) is 0 Å². The zero-order valence-corrected chi connectivity index (χ0v) is 21.0. The summed E-state index contributed by atoms with van der Waals surface area (Å²) in [5, 5.41) is 6.73. The van der Waals surface area contributed by atoms with Crippen LogP contribution in [-0.2, 0) is 6.54 Å². The van der Waals surface area contributed by atoms with E-state index < -0.39 is 0 Å². The van der Waals surface area contributed by atoms with E-state index in [0.717, 1.165) is 62.4 Å². The van der Waals surface area contributed by atoms with E-state index in [9.17, 15) is 0 Å². The lowest BCUT2D eigenvalue weighted by atomic mass is 10.2. The van der Waals surface area contributed by atoms with Gasteiger partial charge >= 0.3 is 0 Å². The Labute approximate surface area is 201 Å². The third-order valence-electron chi connectivity index (χ3n) is 4.81. The molecule has 8 heteroatoms. The van der Waals surface area contributed by atoms with Gasteiger partial charge in [0.25, 0.3) is 0 Å². The molecule has 1 aromatic heterocycles. The molecule has 0 radical (unpaired) electrons. The summed E-state index contributed by atoms with van der Waals surface area (Å²) in [6.45, 7) is 8.68. The van der Waals surface area contributed by atoms with Crippen molar-refractivity contribution in [1.29, 1.82) is 0 Å². The minimum Gasteiger partial charge on any atom is -0.357 e. The number of anilines is 1. The van der Waals surface area contributed by atoms with Crippen molar-refractivity contribution in [1.82, 2.24) is 20.5 Å². The minimum atomic E-state index is 0. The minimum absolute atomic E-state index is 0. The third kappa shape index (κ3) is 8.31. The summed E-state index contributed by atoms with van der Waals surface area (Å²) in [6.07, 6.45) is 1.95. The van der Waals surface area contributed by atoms with Gasteiger partial charge in [-0.2, -0.15) is 0 Å². The number of thioether (sulfide) groups is 1. The molecule has 1 aliphatic heterocycles. The van der Waals surface area contributed by atoms with Crippen LogP contribution in [0.5, 0.6) is 0 Å². The Balaban J connectivity index is 0.00000320. The first kappa shape index (κ1) is 24.7. The molecule has 0 saturated carbocycles. The van der Waals surface area contributed by atoms with Crippen LogP contribution >= 0.6 is 35.7 Å². The van der Waals surface area contributed by atoms with Gasteiger partial charge in [0.05, 0.1) is 6.54 Å². The predicted octanol–water partition coefficient (Wildman–Crippen LogP) is 3.30. The molecular weight excluding hydrogens is 507 g/mol. The Morgan fingerprint density at radius 2 is 1.83 bits per heavy atom.